The fourth-order valence-electron chi connectivity index (χ4n) is 1.36. The fourth-order valence-corrected chi connectivity index (χ4v) is 1.61. The number of thiocarbonyl (C=S) groups is 1. The van der Waals surface area contributed by atoms with Crippen LogP contribution in [0.25, 0.3) is 0 Å². The normalized spacial score (nSPS) is 12.2. The van der Waals surface area contributed by atoms with Crippen LogP contribution >= 0.6 is 12.2 Å². The molecule has 1 heterocycles. The lowest BCUT2D eigenvalue weighted by Crippen LogP contribution is -2.23. The van der Waals surface area contributed by atoms with E-state index in [-0.39, 0.29) is 6.10 Å². The first-order chi connectivity index (χ1) is 7.97. The predicted octanol–water partition coefficient (Wildman–Crippen LogP) is 1.17. The third-order valence-corrected chi connectivity index (χ3v) is 2.86. The maximum atomic E-state index is 5.72. The molecule has 0 spiro atoms. The average Bonchev–Trinajstić information content (AvgIpc) is 2.29. The zero-order valence-electron chi connectivity index (χ0n) is 10.6. The summed E-state index contributed by atoms with van der Waals surface area (Å²) in [6, 6.07) is 0. The van der Waals surface area contributed by atoms with E-state index in [2.05, 4.69) is 15.5 Å². The molecule has 0 aromatic carbocycles. The summed E-state index contributed by atoms with van der Waals surface area (Å²) in [4.78, 5) is 0.327. The zero-order valence-corrected chi connectivity index (χ0v) is 11.4. The van der Waals surface area contributed by atoms with Crippen molar-refractivity contribution in [2.24, 2.45) is 5.73 Å². The lowest BCUT2D eigenvalue weighted by Gasteiger charge is -2.15. The van der Waals surface area contributed by atoms with Crippen LogP contribution in [-0.4, -0.2) is 34.9 Å². The van der Waals surface area contributed by atoms with E-state index in [9.17, 15) is 0 Å². The molecule has 1 rings (SSSR count). The van der Waals surface area contributed by atoms with Crippen molar-refractivity contribution < 1.29 is 4.74 Å². The van der Waals surface area contributed by atoms with Crippen molar-refractivity contribution in [3.05, 3.63) is 16.8 Å². The predicted molar refractivity (Wildman–Crippen MR) is 72.4 cm³/mol. The van der Waals surface area contributed by atoms with Gasteiger partial charge >= 0.3 is 0 Å². The molecular formula is C11H18N4OS. The number of nitrogens with two attached hydrogens (primary N) is 1. The molecule has 0 aliphatic heterocycles. The second-order valence-corrected chi connectivity index (χ2v) is 4.37. The lowest BCUT2D eigenvalue weighted by molar-refractivity contribution is 0.128. The second-order valence-electron chi connectivity index (χ2n) is 3.93. The zero-order chi connectivity index (χ0) is 13.0. The largest absolute Gasteiger partial charge is 0.389 e. The Kier molecular flexibility index (Phi) is 4.77. The standard InChI is InChI=1S/C11H18N4OS/c1-6(16-4)5-13-11-9(10(12)17)7(2)8(3)14-15-11/h6H,5H2,1-4H3,(H2,12,17)(H,13,15). The highest BCUT2D eigenvalue weighted by Crippen LogP contribution is 2.18. The van der Waals surface area contributed by atoms with Crippen molar-refractivity contribution in [3.8, 4) is 0 Å². The van der Waals surface area contributed by atoms with Crippen molar-refractivity contribution in [3.63, 3.8) is 0 Å². The van der Waals surface area contributed by atoms with Crippen LogP contribution in [0.4, 0.5) is 5.82 Å². The quantitative estimate of drug-likeness (QED) is 0.769. The smallest absolute Gasteiger partial charge is 0.159 e. The Balaban J connectivity index is 2.99. The van der Waals surface area contributed by atoms with Crippen LogP contribution < -0.4 is 11.1 Å². The maximum absolute atomic E-state index is 5.72. The van der Waals surface area contributed by atoms with Gasteiger partial charge in [0.15, 0.2) is 5.82 Å². The summed E-state index contributed by atoms with van der Waals surface area (Å²) < 4.78 is 5.15. The van der Waals surface area contributed by atoms with Crippen molar-refractivity contribution in [2.75, 3.05) is 19.0 Å². The van der Waals surface area contributed by atoms with Crippen LogP contribution in [0.15, 0.2) is 0 Å². The SMILES string of the molecule is COC(C)CNc1nnc(C)c(C)c1C(N)=S. The lowest BCUT2D eigenvalue weighted by atomic mass is 10.1. The molecule has 1 atom stereocenters. The van der Waals surface area contributed by atoms with Gasteiger partial charge in [0.05, 0.1) is 17.4 Å². The van der Waals surface area contributed by atoms with Gasteiger partial charge in [0.25, 0.3) is 0 Å². The number of aromatic nitrogens is 2. The Bertz CT molecular complexity index is 422. The van der Waals surface area contributed by atoms with Gasteiger partial charge in [0.1, 0.15) is 4.99 Å². The molecule has 1 unspecified atom stereocenters. The minimum Gasteiger partial charge on any atom is -0.389 e. The Morgan fingerprint density at radius 2 is 2.12 bits per heavy atom. The Morgan fingerprint density at radius 3 is 2.65 bits per heavy atom. The first kappa shape index (κ1) is 13.8. The number of ether oxygens (including phenoxy) is 1. The molecule has 0 amide bonds. The van der Waals surface area contributed by atoms with Gasteiger partial charge in [-0.25, -0.2) is 0 Å². The molecule has 5 nitrogen and oxygen atoms in total. The van der Waals surface area contributed by atoms with Crippen molar-refractivity contribution in [2.45, 2.75) is 26.9 Å². The number of nitrogens with one attached hydrogen (secondary N) is 1. The molecule has 0 saturated heterocycles. The third-order valence-electron chi connectivity index (χ3n) is 2.66. The van der Waals surface area contributed by atoms with E-state index in [1.807, 2.05) is 20.8 Å². The third kappa shape index (κ3) is 3.34. The number of nitrogens with zero attached hydrogens (tertiary/aromatic N) is 2. The van der Waals surface area contributed by atoms with Gasteiger partial charge in [0.2, 0.25) is 0 Å². The van der Waals surface area contributed by atoms with Crippen LogP contribution in [-0.2, 0) is 4.74 Å². The van der Waals surface area contributed by atoms with E-state index >= 15 is 0 Å². The first-order valence-corrected chi connectivity index (χ1v) is 5.78. The molecule has 0 fully saturated rings. The summed E-state index contributed by atoms with van der Waals surface area (Å²) in [5, 5.41) is 11.3. The summed E-state index contributed by atoms with van der Waals surface area (Å²) >= 11 is 5.04. The number of methoxy groups -OCH3 is 1. The minimum atomic E-state index is 0.0811. The molecule has 0 aliphatic carbocycles. The molecule has 0 saturated carbocycles. The number of aryl methyl sites for hydroxylation is 1. The average molecular weight is 254 g/mol. The topological polar surface area (TPSA) is 73.1 Å². The molecule has 6 heteroatoms. The van der Waals surface area contributed by atoms with Gasteiger partial charge in [-0.15, -0.1) is 5.10 Å². The molecule has 0 aliphatic rings. The summed E-state index contributed by atoms with van der Waals surface area (Å²) in [5.74, 6) is 0.615. The van der Waals surface area contributed by atoms with Gasteiger partial charge in [-0.2, -0.15) is 5.10 Å². The van der Waals surface area contributed by atoms with Gasteiger partial charge < -0.3 is 15.8 Å². The highest BCUT2D eigenvalue weighted by atomic mass is 32.1. The number of hydrogen-bond acceptors (Lipinski definition) is 5. The van der Waals surface area contributed by atoms with Crippen LogP contribution in [0, 0.1) is 13.8 Å². The van der Waals surface area contributed by atoms with E-state index in [0.29, 0.717) is 17.4 Å². The van der Waals surface area contributed by atoms with E-state index in [0.717, 1.165) is 16.8 Å². The summed E-state index contributed by atoms with van der Waals surface area (Å²) in [7, 11) is 1.66. The van der Waals surface area contributed by atoms with Crippen molar-refractivity contribution in [1.82, 2.24) is 10.2 Å². The van der Waals surface area contributed by atoms with Crippen LogP contribution in [0.3, 0.4) is 0 Å². The van der Waals surface area contributed by atoms with Crippen LogP contribution in [0.2, 0.25) is 0 Å². The second kappa shape index (κ2) is 5.88. The molecular weight excluding hydrogens is 236 g/mol. The summed E-state index contributed by atoms with van der Waals surface area (Å²) in [6.45, 7) is 6.40. The van der Waals surface area contributed by atoms with Gasteiger partial charge in [-0.3, -0.25) is 0 Å². The van der Waals surface area contributed by atoms with Gasteiger partial charge in [-0.05, 0) is 26.3 Å². The van der Waals surface area contributed by atoms with Gasteiger partial charge in [-0.1, -0.05) is 12.2 Å². The summed E-state index contributed by atoms with van der Waals surface area (Å²) in [5.41, 5.74) is 8.27. The molecule has 94 valence electrons. The number of rotatable bonds is 5. The van der Waals surface area contributed by atoms with E-state index < -0.39 is 0 Å². The number of anilines is 1. The minimum absolute atomic E-state index is 0.0811. The Morgan fingerprint density at radius 1 is 1.47 bits per heavy atom. The van der Waals surface area contributed by atoms with Crippen LogP contribution in [0.1, 0.15) is 23.7 Å². The van der Waals surface area contributed by atoms with Crippen molar-refractivity contribution in [1.29, 1.82) is 0 Å². The molecule has 3 N–H and O–H groups in total. The molecule has 17 heavy (non-hydrogen) atoms. The highest BCUT2D eigenvalue weighted by Gasteiger charge is 2.13. The maximum Gasteiger partial charge on any atom is 0.159 e. The molecule has 0 bridgehead atoms. The van der Waals surface area contributed by atoms with E-state index in [1.165, 1.54) is 0 Å². The van der Waals surface area contributed by atoms with Gasteiger partial charge in [0, 0.05) is 13.7 Å². The molecule has 0 radical (unpaired) electrons. The molecule has 1 aromatic heterocycles. The Hall–Kier alpha value is -1.27. The Labute approximate surface area is 107 Å². The first-order valence-electron chi connectivity index (χ1n) is 5.37. The van der Waals surface area contributed by atoms with Crippen LogP contribution in [0.5, 0.6) is 0 Å². The monoisotopic (exact) mass is 254 g/mol. The molecule has 1 aromatic rings. The van der Waals surface area contributed by atoms with E-state index in [1.54, 1.807) is 7.11 Å². The highest BCUT2D eigenvalue weighted by molar-refractivity contribution is 7.80. The van der Waals surface area contributed by atoms with E-state index in [4.69, 9.17) is 22.7 Å². The number of hydrogen-bond donors (Lipinski definition) is 2. The van der Waals surface area contributed by atoms with Crippen molar-refractivity contribution >= 4 is 23.0 Å². The summed E-state index contributed by atoms with van der Waals surface area (Å²) in [6.07, 6.45) is 0.0811. The fraction of sp³-hybridized carbons (Fsp3) is 0.545.